The second-order valence-electron chi connectivity index (χ2n) is 8.13. The Hall–Kier alpha value is -3.15. The fraction of sp³-hybridized carbons (Fsp3) is 0.148. The van der Waals surface area contributed by atoms with Crippen LogP contribution in [0, 0.1) is 6.92 Å². The second kappa shape index (κ2) is 9.00. The van der Waals surface area contributed by atoms with E-state index in [-0.39, 0.29) is 12.1 Å². The maximum Gasteiger partial charge on any atom is 0.322 e. The molecule has 0 saturated heterocycles. The summed E-state index contributed by atoms with van der Waals surface area (Å²) in [6.45, 7) is 2.43. The van der Waals surface area contributed by atoms with Gasteiger partial charge in [-0.3, -0.25) is 0 Å². The Labute approximate surface area is 203 Å². The van der Waals surface area contributed by atoms with Crippen LogP contribution in [-0.2, 0) is 6.54 Å². The van der Waals surface area contributed by atoms with Gasteiger partial charge in [0.25, 0.3) is 0 Å². The number of carbonyl (C=O) groups excluding carboxylic acids is 1. The number of hydrogen-bond acceptors (Lipinski definition) is 2. The van der Waals surface area contributed by atoms with Crippen LogP contribution in [0.1, 0.15) is 28.4 Å². The van der Waals surface area contributed by atoms with Crippen LogP contribution >= 0.6 is 23.4 Å². The number of carbonyl (C=O) groups is 1. The molecule has 0 radical (unpaired) electrons. The summed E-state index contributed by atoms with van der Waals surface area (Å²) in [6.07, 6.45) is 4.13. The van der Waals surface area contributed by atoms with Gasteiger partial charge in [-0.1, -0.05) is 48.0 Å². The SMILES string of the molecule is CSc1ccc(C2c3cccn3-c3ccccc3CN2C(=O)Nc2ccc(C)c(Cl)c2)cc1. The Morgan fingerprint density at radius 1 is 1.03 bits per heavy atom. The predicted molar refractivity (Wildman–Crippen MR) is 137 cm³/mol. The molecular formula is C27H24ClN3OS. The molecule has 3 aromatic carbocycles. The van der Waals surface area contributed by atoms with Crippen molar-refractivity contribution in [2.45, 2.75) is 24.4 Å². The first kappa shape index (κ1) is 21.7. The molecule has 2 amide bonds. The summed E-state index contributed by atoms with van der Waals surface area (Å²) in [5, 5.41) is 3.70. The van der Waals surface area contributed by atoms with E-state index in [0.717, 1.165) is 28.1 Å². The number of aryl methyl sites for hydroxylation is 1. The van der Waals surface area contributed by atoms with E-state index in [0.29, 0.717) is 17.3 Å². The number of para-hydroxylation sites is 1. The van der Waals surface area contributed by atoms with Gasteiger partial charge >= 0.3 is 6.03 Å². The van der Waals surface area contributed by atoms with Crippen LogP contribution in [0.15, 0.2) is 90.0 Å². The number of nitrogens with one attached hydrogen (secondary N) is 1. The largest absolute Gasteiger partial charge is 0.322 e. The number of urea groups is 1. The summed E-state index contributed by atoms with van der Waals surface area (Å²) in [7, 11) is 0. The fourth-order valence-electron chi connectivity index (χ4n) is 4.34. The van der Waals surface area contributed by atoms with Gasteiger partial charge in [0.05, 0.1) is 18.3 Å². The van der Waals surface area contributed by atoms with Crippen LogP contribution in [0.3, 0.4) is 0 Å². The van der Waals surface area contributed by atoms with E-state index in [9.17, 15) is 4.79 Å². The molecule has 4 nitrogen and oxygen atoms in total. The van der Waals surface area contributed by atoms with Gasteiger partial charge in [-0.15, -0.1) is 11.8 Å². The van der Waals surface area contributed by atoms with Crippen molar-refractivity contribution >= 4 is 35.1 Å². The lowest BCUT2D eigenvalue weighted by Crippen LogP contribution is -2.37. The van der Waals surface area contributed by atoms with E-state index in [2.05, 4.69) is 64.8 Å². The number of hydrogen-bond donors (Lipinski definition) is 1. The standard InChI is InChI=1S/C27H24ClN3OS/c1-18-9-12-21(16-23(18)28)29-27(32)31-17-20-6-3-4-7-24(20)30-15-5-8-25(30)26(31)19-10-13-22(33-2)14-11-19/h3-16,26H,17H2,1-2H3,(H,29,32). The van der Waals surface area contributed by atoms with Crippen molar-refractivity contribution in [1.82, 2.24) is 9.47 Å². The lowest BCUT2D eigenvalue weighted by Gasteiger charge is -2.31. The summed E-state index contributed by atoms with van der Waals surface area (Å²) in [5.41, 5.74) is 5.96. The first-order valence-corrected chi connectivity index (χ1v) is 12.4. The molecular weight excluding hydrogens is 450 g/mol. The Morgan fingerprint density at radius 2 is 1.82 bits per heavy atom. The number of fused-ring (bicyclic) bond motifs is 3. The topological polar surface area (TPSA) is 37.3 Å². The maximum atomic E-state index is 13.7. The van der Waals surface area contributed by atoms with Gasteiger partial charge in [0.1, 0.15) is 0 Å². The van der Waals surface area contributed by atoms with Gasteiger partial charge in [0.15, 0.2) is 0 Å². The number of amides is 2. The molecule has 1 aliphatic heterocycles. The minimum atomic E-state index is -0.246. The monoisotopic (exact) mass is 473 g/mol. The summed E-state index contributed by atoms with van der Waals surface area (Å²) in [4.78, 5) is 16.8. The minimum Gasteiger partial charge on any atom is -0.318 e. The van der Waals surface area contributed by atoms with Crippen molar-refractivity contribution in [3.8, 4) is 5.69 Å². The minimum absolute atomic E-state index is 0.168. The van der Waals surface area contributed by atoms with Crippen LogP contribution in [0.25, 0.3) is 5.69 Å². The average molecular weight is 474 g/mol. The third-order valence-electron chi connectivity index (χ3n) is 6.08. The summed E-state index contributed by atoms with van der Waals surface area (Å²) < 4.78 is 2.19. The van der Waals surface area contributed by atoms with Crippen molar-refractivity contribution in [3.05, 3.63) is 112 Å². The molecule has 6 heteroatoms. The predicted octanol–water partition coefficient (Wildman–Crippen LogP) is 7.30. The number of halogens is 1. The lowest BCUT2D eigenvalue weighted by atomic mass is 10.0. The van der Waals surface area contributed by atoms with Crippen molar-refractivity contribution < 1.29 is 4.79 Å². The highest BCUT2D eigenvalue weighted by molar-refractivity contribution is 7.98. The molecule has 1 N–H and O–H groups in total. The zero-order chi connectivity index (χ0) is 22.9. The summed E-state index contributed by atoms with van der Waals surface area (Å²) >= 11 is 8.02. The third kappa shape index (κ3) is 4.14. The highest BCUT2D eigenvalue weighted by Gasteiger charge is 2.33. The van der Waals surface area contributed by atoms with E-state index in [4.69, 9.17) is 11.6 Å². The first-order chi connectivity index (χ1) is 16.0. The molecule has 1 aliphatic rings. The van der Waals surface area contributed by atoms with Crippen LogP contribution in [0.2, 0.25) is 5.02 Å². The number of nitrogens with zero attached hydrogens (tertiary/aromatic N) is 2. The van der Waals surface area contributed by atoms with Crippen LogP contribution in [0.4, 0.5) is 10.5 Å². The second-order valence-corrected chi connectivity index (χ2v) is 9.42. The molecule has 2 heterocycles. The Morgan fingerprint density at radius 3 is 2.58 bits per heavy atom. The van der Waals surface area contributed by atoms with Crippen molar-refractivity contribution in [2.24, 2.45) is 0 Å². The van der Waals surface area contributed by atoms with Crippen LogP contribution < -0.4 is 5.32 Å². The normalized spacial score (nSPS) is 14.9. The van der Waals surface area contributed by atoms with Gasteiger partial charge in [-0.2, -0.15) is 0 Å². The molecule has 1 aromatic heterocycles. The number of rotatable bonds is 3. The Bertz CT molecular complexity index is 1320. The molecule has 0 saturated carbocycles. The van der Waals surface area contributed by atoms with Crippen LogP contribution in [-0.4, -0.2) is 21.8 Å². The van der Waals surface area contributed by atoms with Crippen molar-refractivity contribution in [1.29, 1.82) is 0 Å². The van der Waals surface area contributed by atoms with E-state index in [1.54, 1.807) is 17.8 Å². The molecule has 166 valence electrons. The smallest absolute Gasteiger partial charge is 0.318 e. The molecule has 4 aromatic rings. The molecule has 5 rings (SSSR count). The lowest BCUT2D eigenvalue weighted by molar-refractivity contribution is 0.194. The van der Waals surface area contributed by atoms with Crippen LogP contribution in [0.5, 0.6) is 0 Å². The van der Waals surface area contributed by atoms with E-state index in [1.807, 2.05) is 42.2 Å². The zero-order valence-corrected chi connectivity index (χ0v) is 20.0. The molecule has 0 bridgehead atoms. The number of thioether (sulfide) groups is 1. The zero-order valence-electron chi connectivity index (χ0n) is 18.5. The molecule has 1 unspecified atom stereocenters. The average Bonchev–Trinajstić information content (AvgIpc) is 3.26. The van der Waals surface area contributed by atoms with Crippen molar-refractivity contribution in [3.63, 3.8) is 0 Å². The number of aromatic nitrogens is 1. The van der Waals surface area contributed by atoms with Gasteiger partial charge in [0, 0.05) is 27.5 Å². The van der Waals surface area contributed by atoms with Gasteiger partial charge < -0.3 is 14.8 Å². The molecule has 1 atom stereocenters. The van der Waals surface area contributed by atoms with E-state index in [1.165, 1.54) is 4.90 Å². The fourth-order valence-corrected chi connectivity index (χ4v) is 4.93. The first-order valence-electron chi connectivity index (χ1n) is 10.8. The molecule has 33 heavy (non-hydrogen) atoms. The molecule has 0 aliphatic carbocycles. The highest BCUT2D eigenvalue weighted by Crippen LogP contribution is 2.37. The Kier molecular flexibility index (Phi) is 5.92. The van der Waals surface area contributed by atoms with Gasteiger partial charge in [-0.25, -0.2) is 4.79 Å². The van der Waals surface area contributed by atoms with Gasteiger partial charge in [-0.05, 0) is 72.3 Å². The summed E-state index contributed by atoms with van der Waals surface area (Å²) in [6, 6.07) is 26.0. The van der Waals surface area contributed by atoms with Gasteiger partial charge in [0.2, 0.25) is 0 Å². The molecule has 0 fully saturated rings. The van der Waals surface area contributed by atoms with Crippen molar-refractivity contribution in [2.75, 3.05) is 11.6 Å². The third-order valence-corrected chi connectivity index (χ3v) is 7.23. The highest BCUT2D eigenvalue weighted by atomic mass is 35.5. The Balaban J connectivity index is 1.61. The van der Waals surface area contributed by atoms with E-state index >= 15 is 0 Å². The number of anilines is 1. The quantitative estimate of drug-likeness (QED) is 0.317. The van der Waals surface area contributed by atoms with E-state index < -0.39 is 0 Å². The molecule has 0 spiro atoms. The summed E-state index contributed by atoms with van der Waals surface area (Å²) in [5.74, 6) is 0. The maximum absolute atomic E-state index is 13.7. The number of benzene rings is 3.